The van der Waals surface area contributed by atoms with E-state index in [9.17, 15) is 18.4 Å². The molecule has 1 saturated carbocycles. The van der Waals surface area contributed by atoms with Crippen LogP contribution in [-0.2, 0) is 21.4 Å². The van der Waals surface area contributed by atoms with Gasteiger partial charge >= 0.3 is 5.97 Å². The number of ether oxygens (including phenoxy) is 1. The Morgan fingerprint density at radius 1 is 1.11 bits per heavy atom. The zero-order valence-corrected chi connectivity index (χ0v) is 15.2. The zero-order chi connectivity index (χ0) is 20.1. The van der Waals surface area contributed by atoms with Gasteiger partial charge in [-0.1, -0.05) is 24.6 Å². The molecule has 0 saturated heterocycles. The number of benzene rings is 2. The zero-order valence-electron chi connectivity index (χ0n) is 15.2. The van der Waals surface area contributed by atoms with Crippen molar-refractivity contribution in [2.24, 2.45) is 0 Å². The monoisotopic (exact) mass is 389 g/mol. The first-order valence-corrected chi connectivity index (χ1v) is 9.08. The number of carbonyl (C=O) groups is 2. The number of hydrogen-bond acceptors (Lipinski definition) is 3. The maximum atomic E-state index is 14.2. The molecule has 2 aromatic carbocycles. The Hall–Kier alpha value is -2.96. The molecular weight excluding hydrogens is 368 g/mol. The highest BCUT2D eigenvalue weighted by molar-refractivity contribution is 5.89. The Labute approximate surface area is 161 Å². The van der Waals surface area contributed by atoms with E-state index in [4.69, 9.17) is 9.84 Å². The predicted molar refractivity (Wildman–Crippen MR) is 98.2 cm³/mol. The van der Waals surface area contributed by atoms with Gasteiger partial charge < -0.3 is 15.2 Å². The molecule has 0 aliphatic heterocycles. The van der Waals surface area contributed by atoms with Crippen molar-refractivity contribution >= 4 is 11.9 Å². The summed E-state index contributed by atoms with van der Waals surface area (Å²) in [5, 5.41) is 11.5. The van der Waals surface area contributed by atoms with Crippen molar-refractivity contribution in [2.45, 2.75) is 31.1 Å². The minimum absolute atomic E-state index is 0.245. The second-order valence-corrected chi connectivity index (χ2v) is 6.89. The molecule has 1 amide bonds. The Balaban J connectivity index is 1.56. The molecule has 0 unspecified atom stereocenters. The molecule has 148 valence electrons. The molecule has 2 N–H and O–H groups in total. The number of amides is 1. The lowest BCUT2D eigenvalue weighted by molar-refractivity contribution is -0.139. The third-order valence-corrected chi connectivity index (χ3v) is 5.07. The maximum Gasteiger partial charge on any atom is 0.341 e. The van der Waals surface area contributed by atoms with Crippen molar-refractivity contribution in [2.75, 3.05) is 13.2 Å². The van der Waals surface area contributed by atoms with E-state index >= 15 is 0 Å². The van der Waals surface area contributed by atoms with E-state index in [2.05, 4.69) is 5.32 Å². The number of carboxylic acid groups (broad SMARTS) is 1. The summed E-state index contributed by atoms with van der Waals surface area (Å²) < 4.78 is 32.5. The highest BCUT2D eigenvalue weighted by atomic mass is 19.1. The molecule has 5 nitrogen and oxygen atoms in total. The minimum Gasteiger partial charge on any atom is -0.482 e. The van der Waals surface area contributed by atoms with E-state index in [0.717, 1.165) is 18.1 Å². The van der Waals surface area contributed by atoms with E-state index in [-0.39, 0.29) is 11.5 Å². The molecule has 0 heterocycles. The van der Waals surface area contributed by atoms with Crippen LogP contribution in [0, 0.1) is 11.6 Å². The maximum absolute atomic E-state index is 14.2. The molecule has 7 heteroatoms. The number of rotatable bonds is 8. The lowest BCUT2D eigenvalue weighted by Gasteiger charge is -2.40. The molecule has 0 aromatic heterocycles. The van der Waals surface area contributed by atoms with Gasteiger partial charge in [-0.15, -0.1) is 0 Å². The molecule has 1 aliphatic rings. The average Bonchev–Trinajstić information content (AvgIpc) is 2.62. The average molecular weight is 389 g/mol. The molecule has 3 rings (SSSR count). The standard InChI is InChI=1S/C21H21F2NO4/c22-15-4-7-17(18(23)12-15)21(9-1-10-21)20(27)24-11-8-14-2-5-16(6-3-14)28-13-19(25)26/h2-7,12H,1,8-11,13H2,(H,24,27)(H,25,26). The molecule has 28 heavy (non-hydrogen) atoms. The van der Waals surface area contributed by atoms with Crippen LogP contribution in [0.2, 0.25) is 0 Å². The van der Waals surface area contributed by atoms with E-state index in [1.807, 2.05) is 0 Å². The van der Waals surface area contributed by atoms with Gasteiger partial charge in [0, 0.05) is 18.2 Å². The quantitative estimate of drug-likeness (QED) is 0.727. The van der Waals surface area contributed by atoms with Crippen LogP contribution in [0.15, 0.2) is 42.5 Å². The van der Waals surface area contributed by atoms with Crippen LogP contribution in [0.3, 0.4) is 0 Å². The lowest BCUT2D eigenvalue weighted by Crippen LogP contribution is -2.50. The Kier molecular flexibility index (Phi) is 5.92. The van der Waals surface area contributed by atoms with Crippen LogP contribution in [-0.4, -0.2) is 30.1 Å². The lowest BCUT2D eigenvalue weighted by atomic mass is 9.63. The van der Waals surface area contributed by atoms with Crippen molar-refractivity contribution in [3.63, 3.8) is 0 Å². The van der Waals surface area contributed by atoms with Crippen LogP contribution in [0.5, 0.6) is 5.75 Å². The Morgan fingerprint density at radius 2 is 1.82 bits per heavy atom. The van der Waals surface area contributed by atoms with Crippen molar-refractivity contribution in [1.82, 2.24) is 5.32 Å². The second-order valence-electron chi connectivity index (χ2n) is 6.89. The summed E-state index contributed by atoms with van der Waals surface area (Å²) in [5.74, 6) is -2.19. The molecule has 0 spiro atoms. The summed E-state index contributed by atoms with van der Waals surface area (Å²) in [6, 6.07) is 10.3. The fourth-order valence-corrected chi connectivity index (χ4v) is 3.41. The van der Waals surface area contributed by atoms with E-state index in [1.54, 1.807) is 24.3 Å². The number of nitrogens with one attached hydrogen (secondary N) is 1. The molecule has 0 bridgehead atoms. The van der Waals surface area contributed by atoms with Crippen LogP contribution in [0.25, 0.3) is 0 Å². The van der Waals surface area contributed by atoms with Crippen LogP contribution in [0.4, 0.5) is 8.78 Å². The number of hydrogen-bond donors (Lipinski definition) is 2. The largest absolute Gasteiger partial charge is 0.482 e. The van der Waals surface area contributed by atoms with Gasteiger partial charge in [-0.25, -0.2) is 13.6 Å². The van der Waals surface area contributed by atoms with Gasteiger partial charge in [-0.2, -0.15) is 0 Å². The third kappa shape index (κ3) is 4.30. The summed E-state index contributed by atoms with van der Waals surface area (Å²) >= 11 is 0. The smallest absolute Gasteiger partial charge is 0.341 e. The minimum atomic E-state index is -1.05. The molecule has 1 fully saturated rings. The van der Waals surface area contributed by atoms with Crippen molar-refractivity contribution < 1.29 is 28.2 Å². The number of halogens is 2. The third-order valence-electron chi connectivity index (χ3n) is 5.07. The number of carboxylic acids is 1. The number of carbonyl (C=O) groups excluding carboxylic acids is 1. The van der Waals surface area contributed by atoms with Crippen molar-refractivity contribution in [3.05, 3.63) is 65.2 Å². The summed E-state index contributed by atoms with van der Waals surface area (Å²) in [5.41, 5.74) is 0.267. The van der Waals surface area contributed by atoms with Gasteiger partial charge in [0.2, 0.25) is 5.91 Å². The normalized spacial score (nSPS) is 14.8. The molecule has 1 aliphatic carbocycles. The fourth-order valence-electron chi connectivity index (χ4n) is 3.41. The van der Waals surface area contributed by atoms with Crippen LogP contribution < -0.4 is 10.1 Å². The Morgan fingerprint density at radius 3 is 2.39 bits per heavy atom. The van der Waals surface area contributed by atoms with Crippen molar-refractivity contribution in [3.8, 4) is 5.75 Å². The highest BCUT2D eigenvalue weighted by Crippen LogP contribution is 2.45. The first-order valence-electron chi connectivity index (χ1n) is 9.08. The van der Waals surface area contributed by atoms with Gasteiger partial charge in [0.1, 0.15) is 17.4 Å². The summed E-state index contributed by atoms with van der Waals surface area (Å²) in [6.07, 6.45) is 2.46. The first-order chi connectivity index (χ1) is 13.4. The van der Waals surface area contributed by atoms with Crippen molar-refractivity contribution in [1.29, 1.82) is 0 Å². The summed E-state index contributed by atoms with van der Waals surface area (Å²) in [7, 11) is 0. The molecule has 0 radical (unpaired) electrons. The van der Waals surface area contributed by atoms with Gasteiger partial charge in [0.25, 0.3) is 0 Å². The second kappa shape index (κ2) is 8.37. The fraction of sp³-hybridized carbons (Fsp3) is 0.333. The van der Waals surface area contributed by atoms with Crippen LogP contribution >= 0.6 is 0 Å². The van der Waals surface area contributed by atoms with E-state index in [1.165, 1.54) is 12.1 Å². The first kappa shape index (κ1) is 19.8. The molecule has 2 aromatic rings. The van der Waals surface area contributed by atoms with Gasteiger partial charge in [-0.3, -0.25) is 4.79 Å². The van der Waals surface area contributed by atoms with Crippen LogP contribution in [0.1, 0.15) is 30.4 Å². The molecular formula is C21H21F2NO4. The van der Waals surface area contributed by atoms with Gasteiger partial charge in [-0.05, 0) is 43.0 Å². The summed E-state index contributed by atoms with van der Waals surface area (Å²) in [6.45, 7) is -0.0316. The van der Waals surface area contributed by atoms with E-state index in [0.29, 0.717) is 31.6 Å². The molecule has 0 atom stereocenters. The van der Waals surface area contributed by atoms with Gasteiger partial charge in [0.15, 0.2) is 6.61 Å². The SMILES string of the molecule is O=C(O)COc1ccc(CCNC(=O)C2(c3ccc(F)cc3F)CCC2)cc1. The van der Waals surface area contributed by atoms with Gasteiger partial charge in [0.05, 0.1) is 5.41 Å². The summed E-state index contributed by atoms with van der Waals surface area (Å²) in [4.78, 5) is 23.2. The topological polar surface area (TPSA) is 75.6 Å². The highest BCUT2D eigenvalue weighted by Gasteiger charge is 2.47. The number of aliphatic carboxylic acids is 1. The predicted octanol–water partition coefficient (Wildman–Crippen LogP) is 3.21. The Bertz CT molecular complexity index is 863. The van der Waals surface area contributed by atoms with E-state index < -0.39 is 29.6 Å².